The Hall–Kier alpha value is -0.810. The highest BCUT2D eigenvalue weighted by Crippen LogP contribution is 2.08. The standard InChI is InChI=1S/C9H17N3O2/c13-9(10-11-5-1-2-6-11)14-12-7-3-4-8-12/h1-8H2,(H,10,13). The Kier molecular flexibility index (Phi) is 3.21. The van der Waals surface area contributed by atoms with E-state index >= 15 is 0 Å². The van der Waals surface area contributed by atoms with Crippen LogP contribution in [0.5, 0.6) is 0 Å². The highest BCUT2D eigenvalue weighted by molar-refractivity contribution is 5.66. The third kappa shape index (κ3) is 2.59. The molecule has 2 aliphatic rings. The quantitative estimate of drug-likeness (QED) is 0.712. The van der Waals surface area contributed by atoms with Crippen molar-refractivity contribution in [3.63, 3.8) is 0 Å². The van der Waals surface area contributed by atoms with E-state index in [0.717, 1.165) is 51.9 Å². The molecule has 0 saturated carbocycles. The molecule has 0 aliphatic carbocycles. The van der Waals surface area contributed by atoms with Crippen LogP contribution in [0.2, 0.25) is 0 Å². The summed E-state index contributed by atoms with van der Waals surface area (Å²) in [5.41, 5.74) is 2.74. The van der Waals surface area contributed by atoms with Crippen molar-refractivity contribution in [1.82, 2.24) is 15.5 Å². The predicted octanol–water partition coefficient (Wildman–Crippen LogP) is 0.734. The van der Waals surface area contributed by atoms with Gasteiger partial charge >= 0.3 is 6.09 Å². The molecule has 2 rings (SSSR count). The van der Waals surface area contributed by atoms with Gasteiger partial charge in [0.05, 0.1) is 0 Å². The van der Waals surface area contributed by atoms with E-state index in [1.807, 2.05) is 5.01 Å². The highest BCUT2D eigenvalue weighted by Gasteiger charge is 2.19. The monoisotopic (exact) mass is 199 g/mol. The van der Waals surface area contributed by atoms with Crippen LogP contribution in [0.15, 0.2) is 0 Å². The van der Waals surface area contributed by atoms with Crippen molar-refractivity contribution in [2.24, 2.45) is 0 Å². The first kappa shape index (κ1) is 9.73. The smallest absolute Gasteiger partial charge is 0.350 e. The maximum Gasteiger partial charge on any atom is 0.440 e. The second-order valence-corrected chi connectivity index (χ2v) is 3.82. The molecular weight excluding hydrogens is 182 g/mol. The number of amides is 1. The zero-order valence-electron chi connectivity index (χ0n) is 8.37. The van der Waals surface area contributed by atoms with Crippen molar-refractivity contribution < 1.29 is 9.63 Å². The van der Waals surface area contributed by atoms with Crippen LogP contribution in [0.1, 0.15) is 25.7 Å². The molecule has 0 radical (unpaired) electrons. The van der Waals surface area contributed by atoms with Gasteiger partial charge in [-0.3, -0.25) is 5.43 Å². The van der Waals surface area contributed by atoms with Crippen LogP contribution in [0.25, 0.3) is 0 Å². The van der Waals surface area contributed by atoms with Crippen LogP contribution in [0.4, 0.5) is 4.79 Å². The van der Waals surface area contributed by atoms with Crippen molar-refractivity contribution in [2.75, 3.05) is 26.2 Å². The van der Waals surface area contributed by atoms with E-state index in [0.29, 0.717) is 0 Å². The molecule has 1 N–H and O–H groups in total. The van der Waals surface area contributed by atoms with Crippen LogP contribution in [-0.2, 0) is 4.84 Å². The molecule has 1 amide bonds. The number of hydrogen-bond acceptors (Lipinski definition) is 4. The minimum absolute atomic E-state index is 0.339. The molecule has 0 aromatic rings. The maximum absolute atomic E-state index is 11.3. The summed E-state index contributed by atoms with van der Waals surface area (Å²) in [7, 11) is 0. The summed E-state index contributed by atoms with van der Waals surface area (Å²) in [5.74, 6) is 0. The van der Waals surface area contributed by atoms with Crippen LogP contribution < -0.4 is 5.43 Å². The Morgan fingerprint density at radius 1 is 1.00 bits per heavy atom. The van der Waals surface area contributed by atoms with Gasteiger partial charge in [0.25, 0.3) is 0 Å². The number of carbonyl (C=O) groups excluding carboxylic acids is 1. The first-order valence-corrected chi connectivity index (χ1v) is 5.33. The Labute approximate surface area is 83.9 Å². The average molecular weight is 199 g/mol. The van der Waals surface area contributed by atoms with E-state index in [2.05, 4.69) is 5.43 Å². The zero-order chi connectivity index (χ0) is 9.80. The fourth-order valence-corrected chi connectivity index (χ4v) is 1.88. The second-order valence-electron chi connectivity index (χ2n) is 3.82. The van der Waals surface area contributed by atoms with Gasteiger partial charge in [0.2, 0.25) is 0 Å². The number of hydroxylamine groups is 2. The first-order chi connectivity index (χ1) is 6.84. The van der Waals surface area contributed by atoms with Gasteiger partial charge in [0.1, 0.15) is 0 Å². The third-order valence-electron chi connectivity index (χ3n) is 2.63. The van der Waals surface area contributed by atoms with Gasteiger partial charge < -0.3 is 4.84 Å². The lowest BCUT2D eigenvalue weighted by atomic mass is 10.4. The second kappa shape index (κ2) is 4.61. The molecule has 0 spiro atoms. The van der Waals surface area contributed by atoms with E-state index in [4.69, 9.17) is 4.84 Å². The van der Waals surface area contributed by atoms with Gasteiger partial charge in [0, 0.05) is 26.2 Å². The van der Waals surface area contributed by atoms with E-state index < -0.39 is 0 Å². The SMILES string of the molecule is O=C(NN1CCCC1)ON1CCCC1. The lowest BCUT2D eigenvalue weighted by molar-refractivity contribution is -0.0868. The minimum Gasteiger partial charge on any atom is -0.350 e. The fraction of sp³-hybridized carbons (Fsp3) is 0.889. The lowest BCUT2D eigenvalue weighted by Crippen LogP contribution is -2.42. The molecule has 2 fully saturated rings. The maximum atomic E-state index is 11.3. The van der Waals surface area contributed by atoms with Gasteiger partial charge in [-0.2, -0.15) is 0 Å². The van der Waals surface area contributed by atoms with Crippen LogP contribution in [-0.4, -0.2) is 42.3 Å². The molecule has 0 aromatic carbocycles. The van der Waals surface area contributed by atoms with E-state index in [1.54, 1.807) is 5.06 Å². The number of rotatable bonds is 2. The summed E-state index contributed by atoms with van der Waals surface area (Å²) in [5, 5.41) is 3.64. The van der Waals surface area contributed by atoms with Gasteiger partial charge in [-0.15, -0.1) is 5.06 Å². The molecule has 0 unspecified atom stereocenters. The van der Waals surface area contributed by atoms with Gasteiger partial charge in [-0.1, -0.05) is 0 Å². The molecule has 0 atom stereocenters. The average Bonchev–Trinajstić information content (AvgIpc) is 2.76. The summed E-state index contributed by atoms with van der Waals surface area (Å²) >= 11 is 0. The molecule has 80 valence electrons. The Morgan fingerprint density at radius 3 is 2.21 bits per heavy atom. The van der Waals surface area contributed by atoms with Crippen LogP contribution >= 0.6 is 0 Å². The van der Waals surface area contributed by atoms with E-state index in [9.17, 15) is 4.79 Å². The third-order valence-corrected chi connectivity index (χ3v) is 2.63. The lowest BCUT2D eigenvalue weighted by Gasteiger charge is -2.19. The molecule has 14 heavy (non-hydrogen) atoms. The first-order valence-electron chi connectivity index (χ1n) is 5.33. The highest BCUT2D eigenvalue weighted by atomic mass is 16.7. The summed E-state index contributed by atoms with van der Waals surface area (Å²) in [6.45, 7) is 3.62. The summed E-state index contributed by atoms with van der Waals surface area (Å²) in [6.07, 6.45) is 4.22. The van der Waals surface area contributed by atoms with Crippen molar-refractivity contribution in [1.29, 1.82) is 0 Å². The number of nitrogens with one attached hydrogen (secondary N) is 1. The van der Waals surface area contributed by atoms with Crippen molar-refractivity contribution in [3.8, 4) is 0 Å². The van der Waals surface area contributed by atoms with Gasteiger partial charge in [0.15, 0.2) is 0 Å². The predicted molar refractivity (Wildman–Crippen MR) is 51.2 cm³/mol. The largest absolute Gasteiger partial charge is 0.440 e. The molecule has 0 aromatic heterocycles. The van der Waals surface area contributed by atoms with Gasteiger partial charge in [-0.05, 0) is 25.7 Å². The topological polar surface area (TPSA) is 44.8 Å². The Balaban J connectivity index is 1.66. The molecule has 2 saturated heterocycles. The fourth-order valence-electron chi connectivity index (χ4n) is 1.88. The number of carbonyl (C=O) groups is 1. The number of hydrazine groups is 1. The molecule has 2 aliphatic heterocycles. The minimum atomic E-state index is -0.339. The van der Waals surface area contributed by atoms with Crippen LogP contribution in [0, 0.1) is 0 Å². The van der Waals surface area contributed by atoms with Crippen LogP contribution in [0.3, 0.4) is 0 Å². The number of nitrogens with zero attached hydrogens (tertiary/aromatic N) is 2. The molecule has 5 heteroatoms. The van der Waals surface area contributed by atoms with Gasteiger partial charge in [-0.25, -0.2) is 9.80 Å². The van der Waals surface area contributed by atoms with E-state index in [1.165, 1.54) is 0 Å². The summed E-state index contributed by atoms with van der Waals surface area (Å²) in [6, 6.07) is 0. The zero-order valence-corrected chi connectivity index (χ0v) is 8.37. The Bertz CT molecular complexity index is 178. The summed E-state index contributed by atoms with van der Waals surface area (Å²) < 4.78 is 0. The normalized spacial score (nSPS) is 24.0. The molecule has 5 nitrogen and oxygen atoms in total. The summed E-state index contributed by atoms with van der Waals surface area (Å²) in [4.78, 5) is 16.5. The van der Waals surface area contributed by atoms with Crippen molar-refractivity contribution in [3.05, 3.63) is 0 Å². The van der Waals surface area contributed by atoms with Crippen molar-refractivity contribution >= 4 is 6.09 Å². The molecule has 2 heterocycles. The van der Waals surface area contributed by atoms with Crippen molar-refractivity contribution in [2.45, 2.75) is 25.7 Å². The van der Waals surface area contributed by atoms with E-state index in [-0.39, 0.29) is 6.09 Å². The Morgan fingerprint density at radius 2 is 1.57 bits per heavy atom. The molecular formula is C9H17N3O2. The molecule has 0 bridgehead atoms. The number of hydrogen-bond donors (Lipinski definition) is 1.